The predicted molar refractivity (Wildman–Crippen MR) is 118 cm³/mol. The van der Waals surface area contributed by atoms with E-state index in [0.29, 0.717) is 12.5 Å². The Labute approximate surface area is 173 Å². The van der Waals surface area contributed by atoms with Crippen LogP contribution in [0.5, 0.6) is 5.75 Å². The number of aromatic nitrogens is 1. The topological polar surface area (TPSA) is 58.5 Å². The van der Waals surface area contributed by atoms with E-state index in [1.807, 2.05) is 30.3 Å². The van der Waals surface area contributed by atoms with E-state index in [1.54, 1.807) is 13.2 Å². The van der Waals surface area contributed by atoms with Gasteiger partial charge < -0.3 is 15.4 Å². The van der Waals surface area contributed by atoms with E-state index in [2.05, 4.69) is 53.5 Å². The van der Waals surface area contributed by atoms with Crippen molar-refractivity contribution in [2.75, 3.05) is 13.7 Å². The number of nitrogens with zero attached hydrogens (tertiary/aromatic N) is 2. The second-order valence-corrected chi connectivity index (χ2v) is 6.39. The van der Waals surface area contributed by atoms with Crippen molar-refractivity contribution in [2.24, 2.45) is 10.9 Å². The monoisotopic (exact) mass is 468 g/mol. The van der Waals surface area contributed by atoms with Gasteiger partial charge in [-0.1, -0.05) is 32.0 Å². The Balaban J connectivity index is 0.00000338. The van der Waals surface area contributed by atoms with Crippen molar-refractivity contribution < 1.29 is 4.74 Å². The van der Waals surface area contributed by atoms with Gasteiger partial charge in [0.2, 0.25) is 0 Å². The zero-order valence-electron chi connectivity index (χ0n) is 15.9. The summed E-state index contributed by atoms with van der Waals surface area (Å²) in [5.74, 6) is 2.18. The van der Waals surface area contributed by atoms with E-state index in [4.69, 9.17) is 4.74 Å². The molecule has 0 spiro atoms. The Bertz CT molecular complexity index is 659. The predicted octanol–water partition coefficient (Wildman–Crippen LogP) is 4.16. The average Bonchev–Trinajstić information content (AvgIpc) is 2.64. The molecule has 0 amide bonds. The highest BCUT2D eigenvalue weighted by atomic mass is 127. The summed E-state index contributed by atoms with van der Waals surface area (Å²) in [6.45, 7) is 7.76. The molecule has 0 aliphatic heterocycles. The first-order valence-corrected chi connectivity index (χ1v) is 8.68. The fourth-order valence-corrected chi connectivity index (χ4v) is 2.28. The number of rotatable bonds is 7. The second kappa shape index (κ2) is 11.7. The number of guanidine groups is 1. The van der Waals surface area contributed by atoms with Gasteiger partial charge in [0.25, 0.3) is 0 Å². The fourth-order valence-electron chi connectivity index (χ4n) is 2.28. The van der Waals surface area contributed by atoms with Crippen molar-refractivity contribution >= 4 is 29.9 Å². The number of hydrogen-bond donors (Lipinski definition) is 2. The van der Waals surface area contributed by atoms with Gasteiger partial charge in [0, 0.05) is 13.2 Å². The summed E-state index contributed by atoms with van der Waals surface area (Å²) in [4.78, 5) is 8.58. The van der Waals surface area contributed by atoms with Gasteiger partial charge in [-0.15, -0.1) is 24.0 Å². The Morgan fingerprint density at radius 3 is 2.42 bits per heavy atom. The van der Waals surface area contributed by atoms with Gasteiger partial charge in [-0.05, 0) is 42.7 Å². The molecule has 26 heavy (non-hydrogen) atoms. The van der Waals surface area contributed by atoms with Gasteiger partial charge in [0.05, 0.1) is 24.9 Å². The van der Waals surface area contributed by atoms with Gasteiger partial charge >= 0.3 is 0 Å². The van der Waals surface area contributed by atoms with Gasteiger partial charge in [-0.3, -0.25) is 9.98 Å². The van der Waals surface area contributed by atoms with Crippen molar-refractivity contribution in [3.8, 4) is 5.75 Å². The number of hydrogen-bond acceptors (Lipinski definition) is 3. The zero-order chi connectivity index (χ0) is 18.1. The molecule has 2 N–H and O–H groups in total. The smallest absolute Gasteiger partial charge is 0.191 e. The minimum absolute atomic E-state index is 0. The van der Waals surface area contributed by atoms with Gasteiger partial charge in [-0.2, -0.15) is 0 Å². The van der Waals surface area contributed by atoms with E-state index in [-0.39, 0.29) is 30.0 Å². The lowest BCUT2D eigenvalue weighted by Gasteiger charge is -2.18. The van der Waals surface area contributed by atoms with E-state index in [9.17, 15) is 0 Å². The van der Waals surface area contributed by atoms with Gasteiger partial charge in [-0.25, -0.2) is 0 Å². The van der Waals surface area contributed by atoms with Crippen LogP contribution in [0.1, 0.15) is 38.1 Å². The van der Waals surface area contributed by atoms with Crippen molar-refractivity contribution in [3.63, 3.8) is 0 Å². The Kier molecular flexibility index (Phi) is 10.0. The molecule has 0 radical (unpaired) electrons. The SMILES string of the molecule is CN=C(NCc1ccccn1)NC(C)c1ccc(OCC(C)C)cc1.I. The molecule has 1 atom stereocenters. The minimum atomic E-state index is 0. The summed E-state index contributed by atoms with van der Waals surface area (Å²) < 4.78 is 5.73. The van der Waals surface area contributed by atoms with Crippen molar-refractivity contribution in [1.82, 2.24) is 15.6 Å². The zero-order valence-corrected chi connectivity index (χ0v) is 18.2. The number of aliphatic imine (C=N–C) groups is 1. The molecule has 1 aromatic carbocycles. The van der Waals surface area contributed by atoms with E-state index >= 15 is 0 Å². The molecule has 0 saturated heterocycles. The van der Waals surface area contributed by atoms with E-state index < -0.39 is 0 Å². The molecule has 0 bridgehead atoms. The lowest BCUT2D eigenvalue weighted by Crippen LogP contribution is -2.38. The first-order chi connectivity index (χ1) is 12.1. The third kappa shape index (κ3) is 7.59. The summed E-state index contributed by atoms with van der Waals surface area (Å²) in [7, 11) is 1.77. The summed E-state index contributed by atoms with van der Waals surface area (Å²) in [5, 5.41) is 6.68. The van der Waals surface area contributed by atoms with Crippen LogP contribution in [-0.4, -0.2) is 24.6 Å². The van der Waals surface area contributed by atoms with Crippen LogP contribution in [0, 0.1) is 5.92 Å². The maximum Gasteiger partial charge on any atom is 0.191 e. The molecule has 6 heteroatoms. The Hall–Kier alpha value is -1.83. The molecule has 1 aromatic heterocycles. The first kappa shape index (κ1) is 22.2. The lowest BCUT2D eigenvalue weighted by molar-refractivity contribution is 0.271. The second-order valence-electron chi connectivity index (χ2n) is 6.39. The lowest BCUT2D eigenvalue weighted by atomic mass is 10.1. The summed E-state index contributed by atoms with van der Waals surface area (Å²) in [6, 6.07) is 14.2. The molecule has 5 nitrogen and oxygen atoms in total. The summed E-state index contributed by atoms with van der Waals surface area (Å²) in [5.41, 5.74) is 2.16. The third-order valence-electron chi connectivity index (χ3n) is 3.70. The van der Waals surface area contributed by atoms with Gasteiger partial charge in [0.15, 0.2) is 5.96 Å². The normalized spacial score (nSPS) is 12.3. The van der Waals surface area contributed by atoms with Gasteiger partial charge in [0.1, 0.15) is 5.75 Å². The molecule has 1 heterocycles. The van der Waals surface area contributed by atoms with Crippen LogP contribution < -0.4 is 15.4 Å². The van der Waals surface area contributed by atoms with Crippen molar-refractivity contribution in [2.45, 2.75) is 33.4 Å². The average molecular weight is 468 g/mol. The van der Waals surface area contributed by atoms with Crippen LogP contribution in [0.4, 0.5) is 0 Å². The molecule has 0 saturated carbocycles. The Morgan fingerprint density at radius 2 is 1.85 bits per heavy atom. The molecule has 0 fully saturated rings. The van der Waals surface area contributed by atoms with E-state index in [1.165, 1.54) is 5.56 Å². The minimum Gasteiger partial charge on any atom is -0.493 e. The quantitative estimate of drug-likeness (QED) is 0.364. The number of ether oxygens (including phenoxy) is 1. The number of pyridine rings is 1. The number of halogens is 1. The maximum atomic E-state index is 5.73. The molecule has 2 rings (SSSR count). The molecular formula is C20H29IN4O. The molecule has 142 valence electrons. The van der Waals surface area contributed by atoms with Crippen LogP contribution in [-0.2, 0) is 6.54 Å². The molecule has 1 unspecified atom stereocenters. The van der Waals surface area contributed by atoms with Crippen LogP contribution in [0.15, 0.2) is 53.7 Å². The Morgan fingerprint density at radius 1 is 1.12 bits per heavy atom. The number of nitrogens with one attached hydrogen (secondary N) is 2. The highest BCUT2D eigenvalue weighted by molar-refractivity contribution is 14.0. The molecule has 0 aliphatic carbocycles. The first-order valence-electron chi connectivity index (χ1n) is 8.68. The van der Waals surface area contributed by atoms with Crippen LogP contribution in [0.25, 0.3) is 0 Å². The van der Waals surface area contributed by atoms with Crippen molar-refractivity contribution in [1.29, 1.82) is 0 Å². The summed E-state index contributed by atoms with van der Waals surface area (Å²) >= 11 is 0. The maximum absolute atomic E-state index is 5.73. The van der Waals surface area contributed by atoms with Crippen molar-refractivity contribution in [3.05, 3.63) is 59.9 Å². The largest absolute Gasteiger partial charge is 0.493 e. The summed E-state index contributed by atoms with van der Waals surface area (Å²) in [6.07, 6.45) is 1.79. The van der Waals surface area contributed by atoms with Crippen LogP contribution in [0.2, 0.25) is 0 Å². The molecule has 0 aliphatic rings. The fraction of sp³-hybridized carbons (Fsp3) is 0.400. The van der Waals surface area contributed by atoms with E-state index in [0.717, 1.165) is 24.0 Å². The molecule has 2 aromatic rings. The van der Waals surface area contributed by atoms with Crippen LogP contribution >= 0.6 is 24.0 Å². The van der Waals surface area contributed by atoms with Crippen LogP contribution in [0.3, 0.4) is 0 Å². The number of benzene rings is 1. The molecular weight excluding hydrogens is 439 g/mol. The third-order valence-corrected chi connectivity index (χ3v) is 3.70. The highest BCUT2D eigenvalue weighted by Gasteiger charge is 2.08. The highest BCUT2D eigenvalue weighted by Crippen LogP contribution is 2.18. The standard InChI is InChI=1S/C20H28N4O.HI/c1-15(2)14-25-19-10-8-17(9-11-19)16(3)24-20(21-4)23-13-18-7-5-6-12-22-18;/h5-12,15-16H,13-14H2,1-4H3,(H2,21,23,24);1H.